The molecule has 11 heteroatoms. The molecule has 0 radical (unpaired) electrons. The van der Waals surface area contributed by atoms with Crippen LogP contribution in [0, 0.1) is 5.82 Å². The van der Waals surface area contributed by atoms with Crippen molar-refractivity contribution in [2.45, 2.75) is 38.9 Å². The van der Waals surface area contributed by atoms with Crippen molar-refractivity contribution in [3.8, 4) is 28.6 Å². The van der Waals surface area contributed by atoms with Crippen LogP contribution in [0.2, 0.25) is 0 Å². The molecule has 3 rings (SSSR count). The van der Waals surface area contributed by atoms with Gasteiger partial charge in [0.2, 0.25) is 0 Å². The normalized spacial score (nSPS) is 13.5. The van der Waals surface area contributed by atoms with E-state index in [2.05, 4.69) is 19.5 Å². The van der Waals surface area contributed by atoms with Crippen LogP contribution in [0.15, 0.2) is 45.6 Å². The third kappa shape index (κ3) is 5.86. The Kier molecular flexibility index (Phi) is 7.19. The lowest BCUT2D eigenvalue weighted by atomic mass is 10.0. The molecule has 1 unspecified atom stereocenters. The highest BCUT2D eigenvalue weighted by molar-refractivity contribution is 7.91. The third-order valence-corrected chi connectivity index (χ3v) is 5.62. The first-order chi connectivity index (χ1) is 15.0. The van der Waals surface area contributed by atoms with Crippen LogP contribution in [0.5, 0.6) is 5.75 Å². The van der Waals surface area contributed by atoms with Gasteiger partial charge in [-0.05, 0) is 45.9 Å². The molecule has 1 aromatic carbocycles. The molecule has 0 N–H and O–H groups in total. The molecule has 1 atom stereocenters. The SMILES string of the molecule is C/C(=N/[S+]([O-])C(C)(C)C)c1cc(-c2cc(-c3ncc(OCC(F)F)cn3)no2)ccc1F. The maximum absolute atomic E-state index is 14.4. The number of rotatable bonds is 7. The standard InChI is InChI=1S/C21H21F3N4O3S/c1-12(28-32(29)21(2,3)4)15-7-13(5-6-16(15)22)18-8-17(27-31-18)20-25-9-14(10-26-20)30-11-19(23)24/h5-10,19H,11H2,1-4H3/b28-12-. The first-order valence-corrected chi connectivity index (χ1v) is 10.6. The minimum absolute atomic E-state index is 0.100. The number of benzene rings is 1. The van der Waals surface area contributed by atoms with E-state index < -0.39 is 35.0 Å². The van der Waals surface area contributed by atoms with Crippen LogP contribution < -0.4 is 4.74 Å². The van der Waals surface area contributed by atoms with Crippen molar-refractivity contribution in [2.24, 2.45) is 4.40 Å². The lowest BCUT2D eigenvalue weighted by Crippen LogP contribution is -2.26. The summed E-state index contributed by atoms with van der Waals surface area (Å²) in [5.41, 5.74) is 1.30. The van der Waals surface area contributed by atoms with Crippen molar-refractivity contribution in [1.29, 1.82) is 0 Å². The predicted molar refractivity (Wildman–Crippen MR) is 115 cm³/mol. The smallest absolute Gasteiger partial charge is 0.272 e. The molecule has 2 heterocycles. The predicted octanol–water partition coefficient (Wildman–Crippen LogP) is 4.85. The summed E-state index contributed by atoms with van der Waals surface area (Å²) in [4.78, 5) is 8.07. The fraction of sp³-hybridized carbons (Fsp3) is 0.333. The van der Waals surface area contributed by atoms with Crippen molar-refractivity contribution in [3.05, 3.63) is 48.0 Å². The van der Waals surface area contributed by atoms with E-state index in [1.54, 1.807) is 33.8 Å². The lowest BCUT2D eigenvalue weighted by Gasteiger charge is -2.18. The Labute approximate surface area is 186 Å². The van der Waals surface area contributed by atoms with E-state index in [0.717, 1.165) is 0 Å². The van der Waals surface area contributed by atoms with E-state index in [1.807, 2.05) is 0 Å². The fourth-order valence-electron chi connectivity index (χ4n) is 2.47. The van der Waals surface area contributed by atoms with Gasteiger partial charge in [0.15, 0.2) is 23.0 Å². The van der Waals surface area contributed by atoms with Crippen LogP contribution >= 0.6 is 0 Å². The molecular weight excluding hydrogens is 445 g/mol. The summed E-state index contributed by atoms with van der Waals surface area (Å²) in [6.45, 7) is 6.17. The minimum atomic E-state index is -2.60. The monoisotopic (exact) mass is 466 g/mol. The number of ether oxygens (including phenoxy) is 1. The van der Waals surface area contributed by atoms with E-state index >= 15 is 0 Å². The van der Waals surface area contributed by atoms with Crippen LogP contribution in [0.3, 0.4) is 0 Å². The van der Waals surface area contributed by atoms with Crippen LogP contribution in [0.25, 0.3) is 22.8 Å². The molecule has 0 aliphatic carbocycles. The van der Waals surface area contributed by atoms with Crippen LogP contribution in [0.4, 0.5) is 13.2 Å². The summed E-state index contributed by atoms with van der Waals surface area (Å²) >= 11 is -1.54. The summed E-state index contributed by atoms with van der Waals surface area (Å²) < 4.78 is 64.8. The Hall–Kier alpha value is -2.92. The van der Waals surface area contributed by atoms with Gasteiger partial charge in [0.1, 0.15) is 28.5 Å². The highest BCUT2D eigenvalue weighted by Crippen LogP contribution is 2.27. The summed E-state index contributed by atoms with van der Waals surface area (Å²) in [6.07, 6.45) is -0.0930. The molecule has 0 saturated carbocycles. The summed E-state index contributed by atoms with van der Waals surface area (Å²) in [5, 5.41) is 3.91. The van der Waals surface area contributed by atoms with Crippen molar-refractivity contribution in [2.75, 3.05) is 6.61 Å². The van der Waals surface area contributed by atoms with Gasteiger partial charge in [-0.15, -0.1) is 0 Å². The van der Waals surface area contributed by atoms with Crippen LogP contribution in [0.1, 0.15) is 33.3 Å². The van der Waals surface area contributed by atoms with Gasteiger partial charge in [0, 0.05) is 17.2 Å². The van der Waals surface area contributed by atoms with Crippen molar-refractivity contribution >= 4 is 17.1 Å². The van der Waals surface area contributed by atoms with Gasteiger partial charge in [-0.2, -0.15) is 0 Å². The first-order valence-electron chi connectivity index (χ1n) is 9.52. The van der Waals surface area contributed by atoms with Gasteiger partial charge in [0.05, 0.1) is 18.1 Å². The van der Waals surface area contributed by atoms with Crippen molar-refractivity contribution in [1.82, 2.24) is 15.1 Å². The van der Waals surface area contributed by atoms with Crippen LogP contribution in [-0.4, -0.2) is 43.2 Å². The van der Waals surface area contributed by atoms with Crippen LogP contribution in [-0.2, 0) is 11.4 Å². The third-order valence-electron chi connectivity index (χ3n) is 4.13. The quantitative estimate of drug-likeness (QED) is 0.365. The van der Waals surface area contributed by atoms with Gasteiger partial charge in [0.25, 0.3) is 6.43 Å². The molecule has 0 amide bonds. The summed E-state index contributed by atoms with van der Waals surface area (Å²) in [6, 6.07) is 5.86. The van der Waals surface area contributed by atoms with Gasteiger partial charge in [-0.3, -0.25) is 0 Å². The molecular formula is C21H21F3N4O3S. The molecule has 0 spiro atoms. The van der Waals surface area contributed by atoms with Gasteiger partial charge >= 0.3 is 0 Å². The number of aromatic nitrogens is 3. The van der Waals surface area contributed by atoms with E-state index in [-0.39, 0.29) is 17.1 Å². The molecule has 170 valence electrons. The Morgan fingerprint density at radius 2 is 1.91 bits per heavy atom. The molecule has 0 fully saturated rings. The second-order valence-corrected chi connectivity index (χ2v) is 9.66. The molecule has 32 heavy (non-hydrogen) atoms. The maximum atomic E-state index is 14.4. The van der Waals surface area contributed by atoms with E-state index in [9.17, 15) is 17.7 Å². The highest BCUT2D eigenvalue weighted by atomic mass is 32.2. The number of alkyl halides is 2. The van der Waals surface area contributed by atoms with Gasteiger partial charge in [-0.25, -0.2) is 23.1 Å². The Morgan fingerprint density at radius 3 is 2.53 bits per heavy atom. The maximum Gasteiger partial charge on any atom is 0.272 e. The summed E-state index contributed by atoms with van der Waals surface area (Å²) in [7, 11) is 0. The Bertz CT molecular complexity index is 1100. The molecule has 0 aliphatic heterocycles. The Balaban J connectivity index is 1.83. The average molecular weight is 466 g/mol. The van der Waals surface area contributed by atoms with Gasteiger partial charge in [-0.1, -0.05) is 9.55 Å². The van der Waals surface area contributed by atoms with Crippen molar-refractivity contribution in [3.63, 3.8) is 0 Å². The first kappa shape index (κ1) is 23.7. The van der Waals surface area contributed by atoms with Gasteiger partial charge < -0.3 is 13.8 Å². The molecule has 7 nitrogen and oxygen atoms in total. The zero-order valence-corrected chi connectivity index (χ0v) is 18.6. The lowest BCUT2D eigenvalue weighted by molar-refractivity contribution is 0.0815. The number of nitrogens with zero attached hydrogens (tertiary/aromatic N) is 4. The minimum Gasteiger partial charge on any atom is -0.591 e. The Morgan fingerprint density at radius 1 is 1.22 bits per heavy atom. The summed E-state index contributed by atoms with van der Waals surface area (Å²) in [5.74, 6) is 0.115. The molecule has 2 aromatic heterocycles. The van der Waals surface area contributed by atoms with E-state index in [0.29, 0.717) is 22.7 Å². The van der Waals surface area contributed by atoms with E-state index in [4.69, 9.17) is 9.26 Å². The zero-order valence-electron chi connectivity index (χ0n) is 17.8. The number of hydrogen-bond acceptors (Lipinski definition) is 7. The molecule has 0 aliphatic rings. The fourth-order valence-corrected chi connectivity index (χ4v) is 3.09. The molecule has 0 saturated heterocycles. The molecule has 0 bridgehead atoms. The molecule has 3 aromatic rings. The zero-order chi connectivity index (χ0) is 23.5. The highest BCUT2D eigenvalue weighted by Gasteiger charge is 2.27. The van der Waals surface area contributed by atoms with Crippen molar-refractivity contribution < 1.29 is 27.0 Å². The topological polar surface area (TPSA) is 96.5 Å². The number of halogens is 3. The average Bonchev–Trinajstić information content (AvgIpc) is 3.22. The largest absolute Gasteiger partial charge is 0.591 e. The van der Waals surface area contributed by atoms with E-state index in [1.165, 1.54) is 30.6 Å². The second-order valence-electron chi connectivity index (χ2n) is 7.75. The number of hydrogen-bond donors (Lipinski definition) is 0. The second kappa shape index (κ2) is 9.70.